The van der Waals surface area contributed by atoms with E-state index in [0.717, 1.165) is 93.8 Å². The summed E-state index contributed by atoms with van der Waals surface area (Å²) in [5.74, 6) is 1.74. The topological polar surface area (TPSA) is 64.7 Å². The highest BCUT2D eigenvalue weighted by Gasteiger charge is 2.20. The minimum Gasteiger partial charge on any atom is -0.455 e. The van der Waals surface area contributed by atoms with E-state index < -0.39 is 0 Å². The van der Waals surface area contributed by atoms with Crippen LogP contribution in [-0.4, -0.2) is 19.9 Å². The van der Waals surface area contributed by atoms with Crippen LogP contribution in [0.5, 0.6) is 0 Å². The molecule has 0 amide bonds. The number of aromatic nitrogens is 4. The van der Waals surface area contributed by atoms with Crippen LogP contribution in [0.25, 0.3) is 111 Å². The number of furan rings is 1. The van der Waals surface area contributed by atoms with Crippen molar-refractivity contribution in [2.45, 2.75) is 0 Å². The maximum absolute atomic E-state index is 6.37. The van der Waals surface area contributed by atoms with Crippen molar-refractivity contribution >= 4 is 43.6 Å². The summed E-state index contributed by atoms with van der Waals surface area (Å²) in [4.78, 5) is 20.9. The van der Waals surface area contributed by atoms with Crippen molar-refractivity contribution in [3.05, 3.63) is 194 Å². The summed E-state index contributed by atoms with van der Waals surface area (Å²) >= 11 is 0. The molecule has 0 bridgehead atoms. The zero-order valence-electron chi connectivity index (χ0n) is 30.7. The first-order valence-electron chi connectivity index (χ1n) is 19.1. The summed E-state index contributed by atoms with van der Waals surface area (Å²) in [5, 5.41) is 5.48. The van der Waals surface area contributed by atoms with Crippen molar-refractivity contribution in [1.82, 2.24) is 19.9 Å². The maximum Gasteiger partial charge on any atom is 0.166 e. The molecule has 0 unspecified atom stereocenters. The number of rotatable bonds is 6. The van der Waals surface area contributed by atoms with Crippen LogP contribution >= 0.6 is 0 Å². The summed E-state index contributed by atoms with van der Waals surface area (Å²) in [6.45, 7) is 0. The van der Waals surface area contributed by atoms with Crippen LogP contribution in [0.4, 0.5) is 0 Å². The minimum absolute atomic E-state index is 0.559. The monoisotopic (exact) mass is 728 g/mol. The summed E-state index contributed by atoms with van der Waals surface area (Å²) in [6.07, 6.45) is 0. The molecular weight excluding hydrogens is 697 g/mol. The zero-order chi connectivity index (χ0) is 37.7. The lowest BCUT2D eigenvalue weighted by atomic mass is 9.92. The average molecular weight is 729 g/mol. The van der Waals surface area contributed by atoms with Gasteiger partial charge in [0.05, 0.1) is 11.2 Å². The maximum atomic E-state index is 6.37. The van der Waals surface area contributed by atoms with E-state index in [1.54, 1.807) is 0 Å². The first kappa shape index (κ1) is 32.7. The van der Waals surface area contributed by atoms with Crippen LogP contribution in [0, 0.1) is 0 Å². The second kappa shape index (κ2) is 13.5. The molecule has 5 heteroatoms. The SMILES string of the molecule is c1ccc(-c2nc(-c3ccc(-c4cccc5c4oc4ccccc45)cc3)nc(-c3cccc4c3nc(-c3ccccc3)c3cccc(-c5ccccc5)c34)n2)cc1. The van der Waals surface area contributed by atoms with Gasteiger partial charge in [-0.2, -0.15) is 0 Å². The normalized spacial score (nSPS) is 11.5. The highest BCUT2D eigenvalue weighted by molar-refractivity contribution is 6.19. The van der Waals surface area contributed by atoms with Crippen molar-refractivity contribution in [2.24, 2.45) is 0 Å². The Labute approximate surface area is 328 Å². The van der Waals surface area contributed by atoms with E-state index in [0.29, 0.717) is 17.5 Å². The fraction of sp³-hybridized carbons (Fsp3) is 0. The molecule has 11 aromatic rings. The Hall–Kier alpha value is -7.76. The van der Waals surface area contributed by atoms with Crippen LogP contribution in [0.2, 0.25) is 0 Å². The molecular formula is C52H32N4O. The molecule has 0 aliphatic heterocycles. The fourth-order valence-electron chi connectivity index (χ4n) is 8.05. The quantitative estimate of drug-likeness (QED) is 0.160. The summed E-state index contributed by atoms with van der Waals surface area (Å²) < 4.78 is 6.37. The van der Waals surface area contributed by atoms with Gasteiger partial charge in [-0.05, 0) is 28.8 Å². The van der Waals surface area contributed by atoms with Crippen LogP contribution in [0.15, 0.2) is 199 Å². The Bertz CT molecular complexity index is 3270. The van der Waals surface area contributed by atoms with Gasteiger partial charge >= 0.3 is 0 Å². The standard InChI is InChI=1S/C52H32N4O/c1-4-15-33(16-5-1)38-22-12-25-42-46(38)43-26-14-27-44(48(43)53-47(42)35-17-6-2-7-18-35)52-55-50(36-19-8-3-9-20-36)54-51(56-52)37-31-29-34(30-32-37)39-23-13-24-41-40-21-10-11-28-45(40)57-49(39)41/h1-32H. The summed E-state index contributed by atoms with van der Waals surface area (Å²) in [7, 11) is 0. The third kappa shape index (κ3) is 5.64. The number of nitrogens with zero attached hydrogens (tertiary/aromatic N) is 4. The molecule has 0 saturated carbocycles. The van der Waals surface area contributed by atoms with Gasteiger partial charge in [0.25, 0.3) is 0 Å². The van der Waals surface area contributed by atoms with Gasteiger partial charge in [0.1, 0.15) is 11.2 Å². The van der Waals surface area contributed by atoms with Gasteiger partial charge in [-0.1, -0.05) is 182 Å². The molecule has 0 saturated heterocycles. The molecule has 8 aromatic carbocycles. The lowest BCUT2D eigenvalue weighted by molar-refractivity contribution is 0.670. The van der Waals surface area contributed by atoms with Crippen molar-refractivity contribution in [2.75, 3.05) is 0 Å². The van der Waals surface area contributed by atoms with Crippen LogP contribution in [0.3, 0.4) is 0 Å². The van der Waals surface area contributed by atoms with Crippen molar-refractivity contribution in [3.63, 3.8) is 0 Å². The van der Waals surface area contributed by atoms with Crippen molar-refractivity contribution < 1.29 is 4.42 Å². The van der Waals surface area contributed by atoms with Crippen molar-refractivity contribution in [1.29, 1.82) is 0 Å². The Balaban J connectivity index is 1.12. The molecule has 0 spiro atoms. The third-order valence-corrected chi connectivity index (χ3v) is 10.7. The number of fused-ring (bicyclic) bond motifs is 6. The highest BCUT2D eigenvalue weighted by atomic mass is 16.3. The van der Waals surface area contributed by atoms with E-state index in [9.17, 15) is 0 Å². The molecule has 0 atom stereocenters. The average Bonchev–Trinajstić information content (AvgIpc) is 3.68. The lowest BCUT2D eigenvalue weighted by Gasteiger charge is -2.16. The van der Waals surface area contributed by atoms with Gasteiger partial charge in [0.15, 0.2) is 17.5 Å². The Morgan fingerprint density at radius 1 is 0.298 bits per heavy atom. The third-order valence-electron chi connectivity index (χ3n) is 10.7. The van der Waals surface area contributed by atoms with Crippen LogP contribution < -0.4 is 0 Å². The molecule has 266 valence electrons. The first-order chi connectivity index (χ1) is 28.3. The van der Waals surface area contributed by atoms with E-state index in [4.69, 9.17) is 24.4 Å². The predicted molar refractivity (Wildman–Crippen MR) is 233 cm³/mol. The number of hydrogen-bond donors (Lipinski definition) is 0. The van der Waals surface area contributed by atoms with E-state index in [-0.39, 0.29) is 0 Å². The Morgan fingerprint density at radius 3 is 1.51 bits per heavy atom. The van der Waals surface area contributed by atoms with E-state index in [1.807, 2.05) is 54.6 Å². The van der Waals surface area contributed by atoms with Crippen LogP contribution in [0.1, 0.15) is 0 Å². The van der Waals surface area contributed by atoms with Gasteiger partial charge in [0.2, 0.25) is 0 Å². The van der Waals surface area contributed by atoms with Crippen LogP contribution in [-0.2, 0) is 0 Å². The van der Waals surface area contributed by atoms with Gasteiger partial charge in [-0.3, -0.25) is 0 Å². The molecule has 0 radical (unpaired) electrons. The number of pyridine rings is 1. The molecule has 57 heavy (non-hydrogen) atoms. The zero-order valence-corrected chi connectivity index (χ0v) is 30.7. The fourth-order valence-corrected chi connectivity index (χ4v) is 8.05. The highest BCUT2D eigenvalue weighted by Crippen LogP contribution is 2.41. The largest absolute Gasteiger partial charge is 0.455 e. The molecule has 0 aliphatic rings. The number of hydrogen-bond acceptors (Lipinski definition) is 5. The summed E-state index contributed by atoms with van der Waals surface area (Å²) in [6, 6.07) is 66.8. The van der Waals surface area contributed by atoms with E-state index >= 15 is 0 Å². The summed E-state index contributed by atoms with van der Waals surface area (Å²) in [5.41, 5.74) is 11.6. The first-order valence-corrected chi connectivity index (χ1v) is 19.1. The smallest absolute Gasteiger partial charge is 0.166 e. The molecule has 0 fully saturated rings. The van der Waals surface area contributed by atoms with E-state index in [2.05, 4.69) is 140 Å². The van der Waals surface area contributed by atoms with E-state index in [1.165, 1.54) is 0 Å². The molecule has 5 nitrogen and oxygen atoms in total. The molecule has 3 aromatic heterocycles. The minimum atomic E-state index is 0.559. The Morgan fingerprint density at radius 2 is 0.789 bits per heavy atom. The number of benzene rings is 8. The van der Waals surface area contributed by atoms with Gasteiger partial charge in [-0.25, -0.2) is 19.9 Å². The molecule has 0 aliphatic carbocycles. The Kier molecular flexibility index (Phi) is 7.74. The molecule has 11 rings (SSSR count). The number of para-hydroxylation sites is 3. The van der Waals surface area contributed by atoms with Gasteiger partial charge < -0.3 is 4.42 Å². The predicted octanol–water partition coefficient (Wildman–Crippen LogP) is 13.5. The molecule has 3 heterocycles. The van der Waals surface area contributed by atoms with Gasteiger partial charge in [0, 0.05) is 54.7 Å². The molecule has 0 N–H and O–H groups in total. The second-order valence-corrected chi connectivity index (χ2v) is 14.2. The lowest BCUT2D eigenvalue weighted by Crippen LogP contribution is -2.01. The second-order valence-electron chi connectivity index (χ2n) is 14.2. The van der Waals surface area contributed by atoms with Gasteiger partial charge in [-0.15, -0.1) is 0 Å². The van der Waals surface area contributed by atoms with Crippen molar-refractivity contribution in [3.8, 4) is 67.7 Å².